The quantitative estimate of drug-likeness (QED) is 0.391. The van der Waals surface area contributed by atoms with E-state index in [2.05, 4.69) is 0 Å². The molecule has 6 heteroatoms. The van der Waals surface area contributed by atoms with Gasteiger partial charge in [0.05, 0.1) is 5.75 Å². The molecule has 0 atom stereocenters. The largest absolute Gasteiger partial charge is 0.396 e. The number of hydrogen-bond donors (Lipinski definition) is 2. The van der Waals surface area contributed by atoms with Gasteiger partial charge in [-0.25, -0.2) is 0 Å². The topological polar surface area (TPSA) is 74.6 Å². The summed E-state index contributed by atoms with van der Waals surface area (Å²) in [6.07, 6.45) is 0.0961. The van der Waals surface area contributed by atoms with Gasteiger partial charge in [-0.05, 0) is 6.42 Å². The van der Waals surface area contributed by atoms with Crippen molar-refractivity contribution in [3.8, 4) is 0 Å². The summed E-state index contributed by atoms with van der Waals surface area (Å²) in [5.41, 5.74) is 0. The second-order valence-electron chi connectivity index (χ2n) is 1.36. The van der Waals surface area contributed by atoms with Crippen molar-refractivity contribution >= 4 is 29.0 Å². The maximum Gasteiger partial charge on any atom is 0.264 e. The van der Waals surface area contributed by atoms with Crippen LogP contribution < -0.4 is 0 Å². The smallest absolute Gasteiger partial charge is 0.264 e. The van der Waals surface area contributed by atoms with E-state index in [0.717, 1.165) is 0 Å². The van der Waals surface area contributed by atoms with Gasteiger partial charge in [-0.2, -0.15) is 8.42 Å². The van der Waals surface area contributed by atoms with Crippen molar-refractivity contribution in [3.05, 3.63) is 0 Å². The Labute approximate surface area is 66.2 Å². The molecule has 4 nitrogen and oxygen atoms in total. The van der Waals surface area contributed by atoms with Gasteiger partial charge in [-0.1, -0.05) is 0 Å². The third kappa shape index (κ3) is 11.8. The Morgan fingerprint density at radius 2 is 1.78 bits per heavy atom. The summed E-state index contributed by atoms with van der Waals surface area (Å²) in [7, 11) is -3.85. The van der Waals surface area contributed by atoms with Crippen molar-refractivity contribution in [2.24, 2.45) is 0 Å². The number of hydrogen-bond acceptors (Lipinski definition) is 3. The van der Waals surface area contributed by atoms with Crippen LogP contribution in [0.15, 0.2) is 0 Å². The fourth-order valence-electron chi connectivity index (χ4n) is 0.247. The molecule has 0 heterocycles. The van der Waals surface area contributed by atoms with Crippen LogP contribution in [0.4, 0.5) is 0 Å². The molecule has 0 aliphatic carbocycles. The minimum absolute atomic E-state index is 0. The third-order valence-electron chi connectivity index (χ3n) is 0.560. The number of aliphatic hydroxyl groups is 1. The summed E-state index contributed by atoms with van der Waals surface area (Å²) < 4.78 is 27.7. The monoisotopic (exact) mass is 147 g/mol. The first-order valence-electron chi connectivity index (χ1n) is 2.12. The van der Waals surface area contributed by atoms with E-state index in [4.69, 9.17) is 9.66 Å². The zero-order valence-corrected chi connectivity index (χ0v) is 6.06. The van der Waals surface area contributed by atoms with Crippen LogP contribution in [0.1, 0.15) is 6.42 Å². The zero-order valence-electron chi connectivity index (χ0n) is 5.24. The SMILES string of the molecule is O=S(=O)(O)CCCO.[Li]. The van der Waals surface area contributed by atoms with E-state index in [1.807, 2.05) is 0 Å². The first kappa shape index (κ1) is 12.2. The molecular weight excluding hydrogens is 139 g/mol. The van der Waals surface area contributed by atoms with Crippen molar-refractivity contribution in [1.82, 2.24) is 0 Å². The summed E-state index contributed by atoms with van der Waals surface area (Å²) in [5.74, 6) is -0.358. The van der Waals surface area contributed by atoms with Crippen LogP contribution in [-0.4, -0.2) is 49.3 Å². The molecule has 0 rings (SSSR count). The predicted molar refractivity (Wildman–Crippen MR) is 33.9 cm³/mol. The zero-order chi connectivity index (χ0) is 6.62. The summed E-state index contributed by atoms with van der Waals surface area (Å²) in [5, 5.41) is 8.05. The minimum atomic E-state index is -3.85. The average Bonchev–Trinajstić information content (AvgIpc) is 1.59. The van der Waals surface area contributed by atoms with Gasteiger partial charge in [0.1, 0.15) is 0 Å². The first-order valence-corrected chi connectivity index (χ1v) is 3.73. The Morgan fingerprint density at radius 1 is 1.33 bits per heavy atom. The summed E-state index contributed by atoms with van der Waals surface area (Å²) in [6, 6.07) is 0. The van der Waals surface area contributed by atoms with Crippen molar-refractivity contribution in [2.45, 2.75) is 6.42 Å². The van der Waals surface area contributed by atoms with Gasteiger partial charge in [0.25, 0.3) is 10.1 Å². The average molecular weight is 147 g/mol. The minimum Gasteiger partial charge on any atom is -0.396 e. The molecule has 0 aromatic carbocycles. The van der Waals surface area contributed by atoms with Crippen LogP contribution in [-0.2, 0) is 10.1 Å². The van der Waals surface area contributed by atoms with Gasteiger partial charge in [-0.15, -0.1) is 0 Å². The van der Waals surface area contributed by atoms with Gasteiger partial charge in [-0.3, -0.25) is 4.55 Å². The molecule has 0 saturated carbocycles. The normalized spacial score (nSPS) is 10.4. The summed E-state index contributed by atoms with van der Waals surface area (Å²) in [4.78, 5) is 0. The molecule has 0 amide bonds. The van der Waals surface area contributed by atoms with E-state index in [-0.39, 0.29) is 37.6 Å². The van der Waals surface area contributed by atoms with Crippen LogP contribution in [0, 0.1) is 0 Å². The summed E-state index contributed by atoms with van der Waals surface area (Å²) >= 11 is 0. The van der Waals surface area contributed by atoms with E-state index < -0.39 is 10.1 Å². The van der Waals surface area contributed by atoms with E-state index in [9.17, 15) is 8.42 Å². The molecular formula is C3H8LiO4S. The van der Waals surface area contributed by atoms with Gasteiger partial charge < -0.3 is 5.11 Å². The molecule has 0 fully saturated rings. The molecule has 0 aromatic heterocycles. The Morgan fingerprint density at radius 3 is 1.89 bits per heavy atom. The molecule has 0 spiro atoms. The molecule has 9 heavy (non-hydrogen) atoms. The molecule has 51 valence electrons. The predicted octanol–water partition coefficient (Wildman–Crippen LogP) is -1.12. The fraction of sp³-hybridized carbons (Fsp3) is 1.00. The van der Waals surface area contributed by atoms with Crippen molar-refractivity contribution in [3.63, 3.8) is 0 Å². The van der Waals surface area contributed by atoms with Gasteiger partial charge >= 0.3 is 0 Å². The number of aliphatic hydroxyl groups excluding tert-OH is 1. The third-order valence-corrected chi connectivity index (χ3v) is 1.36. The molecule has 0 bridgehead atoms. The van der Waals surface area contributed by atoms with Crippen LogP contribution in [0.5, 0.6) is 0 Å². The first-order chi connectivity index (χ1) is 3.56. The second-order valence-corrected chi connectivity index (χ2v) is 2.94. The Hall–Kier alpha value is 0.467. The van der Waals surface area contributed by atoms with Gasteiger partial charge in [0.2, 0.25) is 0 Å². The Kier molecular flexibility index (Phi) is 7.12. The Bertz CT molecular complexity index is 140. The van der Waals surface area contributed by atoms with Crippen LogP contribution >= 0.6 is 0 Å². The van der Waals surface area contributed by atoms with Crippen LogP contribution in [0.25, 0.3) is 0 Å². The van der Waals surface area contributed by atoms with E-state index in [0.29, 0.717) is 0 Å². The van der Waals surface area contributed by atoms with E-state index in [1.165, 1.54) is 0 Å². The fourth-order valence-corrected chi connectivity index (χ4v) is 0.741. The molecule has 2 N–H and O–H groups in total. The molecule has 0 aromatic rings. The van der Waals surface area contributed by atoms with Gasteiger partial charge in [0.15, 0.2) is 0 Å². The van der Waals surface area contributed by atoms with Crippen LogP contribution in [0.2, 0.25) is 0 Å². The second kappa shape index (κ2) is 5.27. The summed E-state index contributed by atoms with van der Waals surface area (Å²) in [6.45, 7) is -0.209. The molecule has 1 radical (unpaired) electrons. The van der Waals surface area contributed by atoms with Gasteiger partial charge in [0, 0.05) is 25.5 Å². The Balaban J connectivity index is 0. The molecule has 0 aliphatic heterocycles. The molecule has 0 saturated heterocycles. The standard InChI is InChI=1S/C3H8O4S.Li/c4-2-1-3-8(5,6)7;/h4H,1-3H2,(H,5,6,7);. The molecule has 0 unspecified atom stereocenters. The maximum absolute atomic E-state index is 9.83. The molecule has 0 aliphatic rings. The van der Waals surface area contributed by atoms with E-state index >= 15 is 0 Å². The van der Waals surface area contributed by atoms with E-state index in [1.54, 1.807) is 0 Å². The maximum atomic E-state index is 9.83. The number of rotatable bonds is 3. The van der Waals surface area contributed by atoms with Crippen LogP contribution in [0.3, 0.4) is 0 Å². The van der Waals surface area contributed by atoms with Crippen molar-refractivity contribution in [1.29, 1.82) is 0 Å². The van der Waals surface area contributed by atoms with Crippen molar-refractivity contribution in [2.75, 3.05) is 12.4 Å². The van der Waals surface area contributed by atoms with Crippen molar-refractivity contribution < 1.29 is 18.1 Å².